The van der Waals surface area contributed by atoms with Crippen molar-refractivity contribution in [3.05, 3.63) is 23.1 Å². The monoisotopic (exact) mass is 348 g/mol. The lowest BCUT2D eigenvalue weighted by Gasteiger charge is -2.12. The number of rotatable bonds is 2. The molecular formula is C14H13BrN4S. The molecular weight excluding hydrogens is 336 g/mol. The summed E-state index contributed by atoms with van der Waals surface area (Å²) < 4.78 is 2.09. The molecule has 4 nitrogen and oxygen atoms in total. The van der Waals surface area contributed by atoms with E-state index in [0.717, 1.165) is 30.7 Å². The van der Waals surface area contributed by atoms with E-state index in [1.54, 1.807) is 17.7 Å². The van der Waals surface area contributed by atoms with E-state index in [1.165, 1.54) is 25.7 Å². The number of anilines is 1. The van der Waals surface area contributed by atoms with Crippen molar-refractivity contribution in [3.8, 4) is 0 Å². The van der Waals surface area contributed by atoms with Crippen LogP contribution in [0.5, 0.6) is 0 Å². The van der Waals surface area contributed by atoms with E-state index in [9.17, 15) is 0 Å². The summed E-state index contributed by atoms with van der Waals surface area (Å²) in [5.41, 5.74) is 0.995. The minimum absolute atomic E-state index is 0.554. The number of hydrogen-bond donors (Lipinski definition) is 1. The molecule has 1 aliphatic carbocycles. The van der Waals surface area contributed by atoms with Crippen molar-refractivity contribution in [2.45, 2.75) is 31.7 Å². The van der Waals surface area contributed by atoms with Crippen molar-refractivity contribution in [2.75, 3.05) is 5.32 Å². The van der Waals surface area contributed by atoms with Gasteiger partial charge in [0.05, 0.1) is 10.2 Å². The first-order chi connectivity index (χ1) is 9.81. The van der Waals surface area contributed by atoms with Crippen LogP contribution in [-0.4, -0.2) is 21.0 Å². The number of halogens is 1. The third-order valence-corrected chi connectivity index (χ3v) is 5.31. The van der Waals surface area contributed by atoms with Crippen molar-refractivity contribution in [1.29, 1.82) is 0 Å². The highest BCUT2D eigenvalue weighted by molar-refractivity contribution is 9.10. The molecule has 4 rings (SSSR count). The van der Waals surface area contributed by atoms with Crippen LogP contribution in [-0.2, 0) is 0 Å². The molecule has 1 aliphatic rings. The minimum atomic E-state index is 0.554. The summed E-state index contributed by atoms with van der Waals surface area (Å²) in [5.74, 6) is 0.959. The molecule has 0 aliphatic heterocycles. The lowest BCUT2D eigenvalue weighted by atomic mass is 10.2. The molecule has 0 atom stereocenters. The summed E-state index contributed by atoms with van der Waals surface area (Å²) >= 11 is 5.14. The highest BCUT2D eigenvalue weighted by Gasteiger charge is 2.18. The zero-order valence-electron chi connectivity index (χ0n) is 10.8. The molecule has 20 heavy (non-hydrogen) atoms. The molecule has 0 radical (unpaired) electrons. The zero-order chi connectivity index (χ0) is 13.5. The SMILES string of the molecule is Brc1cnc2sc3c(NC4CCCC4)ncnc3c2c1. The van der Waals surface area contributed by atoms with Crippen molar-refractivity contribution >= 4 is 53.5 Å². The molecule has 1 fully saturated rings. The summed E-state index contributed by atoms with van der Waals surface area (Å²) in [5, 5.41) is 4.67. The number of fused-ring (bicyclic) bond motifs is 3. The van der Waals surface area contributed by atoms with E-state index in [2.05, 4.69) is 42.3 Å². The Morgan fingerprint density at radius 2 is 2.05 bits per heavy atom. The Hall–Kier alpha value is -1.27. The van der Waals surface area contributed by atoms with Crippen LogP contribution < -0.4 is 5.32 Å². The van der Waals surface area contributed by atoms with Gasteiger partial charge in [0.25, 0.3) is 0 Å². The second-order valence-corrected chi connectivity index (χ2v) is 7.05. The van der Waals surface area contributed by atoms with Crippen molar-refractivity contribution in [3.63, 3.8) is 0 Å². The molecule has 3 heterocycles. The predicted molar refractivity (Wildman–Crippen MR) is 86.3 cm³/mol. The van der Waals surface area contributed by atoms with Crippen molar-refractivity contribution in [2.24, 2.45) is 0 Å². The van der Waals surface area contributed by atoms with Gasteiger partial charge < -0.3 is 5.32 Å². The number of pyridine rings is 1. The number of hydrogen-bond acceptors (Lipinski definition) is 5. The van der Waals surface area contributed by atoms with E-state index in [0.29, 0.717) is 6.04 Å². The normalized spacial score (nSPS) is 16.2. The van der Waals surface area contributed by atoms with E-state index >= 15 is 0 Å². The minimum Gasteiger partial charge on any atom is -0.366 e. The number of aromatic nitrogens is 3. The van der Waals surface area contributed by atoms with Gasteiger partial charge in [-0.15, -0.1) is 11.3 Å². The molecule has 1 N–H and O–H groups in total. The summed E-state index contributed by atoms with van der Waals surface area (Å²) in [7, 11) is 0. The number of thiophene rings is 1. The smallest absolute Gasteiger partial charge is 0.147 e. The summed E-state index contributed by atoms with van der Waals surface area (Å²) in [6.45, 7) is 0. The lowest BCUT2D eigenvalue weighted by molar-refractivity contribution is 0.752. The van der Waals surface area contributed by atoms with Crippen LogP contribution in [0.4, 0.5) is 5.82 Å². The topological polar surface area (TPSA) is 50.7 Å². The molecule has 0 aromatic carbocycles. The molecule has 1 saturated carbocycles. The Kier molecular flexibility index (Phi) is 3.07. The van der Waals surface area contributed by atoms with Gasteiger partial charge in [-0.25, -0.2) is 15.0 Å². The summed E-state index contributed by atoms with van der Waals surface area (Å²) in [6, 6.07) is 2.63. The Morgan fingerprint density at radius 1 is 1.20 bits per heavy atom. The van der Waals surface area contributed by atoms with Gasteiger partial charge in [0.15, 0.2) is 0 Å². The van der Waals surface area contributed by atoms with Crippen LogP contribution in [0, 0.1) is 0 Å². The van der Waals surface area contributed by atoms with Crippen molar-refractivity contribution < 1.29 is 0 Å². The summed E-state index contributed by atoms with van der Waals surface area (Å²) in [4.78, 5) is 14.4. The second kappa shape index (κ2) is 4.93. The maximum atomic E-state index is 4.47. The fourth-order valence-corrected chi connectivity index (χ4v) is 4.17. The second-order valence-electron chi connectivity index (χ2n) is 5.13. The van der Waals surface area contributed by atoms with Crippen LogP contribution in [0.15, 0.2) is 23.1 Å². The first kappa shape index (κ1) is 12.5. The number of nitrogens with zero attached hydrogens (tertiary/aromatic N) is 3. The van der Waals surface area contributed by atoms with E-state index in [4.69, 9.17) is 0 Å². The molecule has 0 bridgehead atoms. The average Bonchev–Trinajstić information content (AvgIpc) is 3.07. The van der Waals surface area contributed by atoms with Crippen LogP contribution in [0.25, 0.3) is 20.4 Å². The highest BCUT2D eigenvalue weighted by Crippen LogP contribution is 2.36. The molecule has 102 valence electrons. The van der Waals surface area contributed by atoms with Gasteiger partial charge in [0.1, 0.15) is 17.0 Å². The van der Waals surface area contributed by atoms with Crippen LogP contribution in [0.3, 0.4) is 0 Å². The van der Waals surface area contributed by atoms with E-state index in [-0.39, 0.29) is 0 Å². The first-order valence-corrected chi connectivity index (χ1v) is 8.37. The molecule has 0 spiro atoms. The number of nitrogens with one attached hydrogen (secondary N) is 1. The van der Waals surface area contributed by atoms with Gasteiger partial charge in [0, 0.05) is 22.1 Å². The van der Waals surface area contributed by atoms with Crippen LogP contribution >= 0.6 is 27.3 Å². The molecule has 0 unspecified atom stereocenters. The molecule has 3 aromatic heterocycles. The average molecular weight is 349 g/mol. The third-order valence-electron chi connectivity index (χ3n) is 3.77. The molecule has 3 aromatic rings. The maximum Gasteiger partial charge on any atom is 0.147 e. The van der Waals surface area contributed by atoms with E-state index in [1.807, 2.05) is 6.20 Å². The Bertz CT molecular complexity index is 779. The largest absolute Gasteiger partial charge is 0.366 e. The fourth-order valence-electron chi connectivity index (χ4n) is 2.80. The molecule has 0 saturated heterocycles. The third kappa shape index (κ3) is 2.07. The zero-order valence-corrected chi connectivity index (χ0v) is 13.2. The lowest BCUT2D eigenvalue weighted by Crippen LogP contribution is -2.15. The molecule has 6 heteroatoms. The van der Waals surface area contributed by atoms with Gasteiger partial charge in [-0.1, -0.05) is 12.8 Å². The predicted octanol–water partition coefficient (Wildman–Crippen LogP) is 4.36. The van der Waals surface area contributed by atoms with Gasteiger partial charge in [-0.3, -0.25) is 0 Å². The van der Waals surface area contributed by atoms with Gasteiger partial charge >= 0.3 is 0 Å². The Morgan fingerprint density at radius 3 is 2.90 bits per heavy atom. The Balaban J connectivity index is 1.86. The van der Waals surface area contributed by atoms with Gasteiger partial charge in [-0.05, 0) is 34.8 Å². The molecule has 0 amide bonds. The quantitative estimate of drug-likeness (QED) is 0.747. The van der Waals surface area contributed by atoms with Gasteiger partial charge in [0.2, 0.25) is 0 Å². The maximum absolute atomic E-state index is 4.47. The first-order valence-electron chi connectivity index (χ1n) is 6.76. The van der Waals surface area contributed by atoms with Crippen LogP contribution in [0.1, 0.15) is 25.7 Å². The van der Waals surface area contributed by atoms with Gasteiger partial charge in [-0.2, -0.15) is 0 Å². The highest BCUT2D eigenvalue weighted by atomic mass is 79.9. The summed E-state index contributed by atoms with van der Waals surface area (Å²) in [6.07, 6.45) is 8.57. The Labute approximate surface area is 128 Å². The standard InChI is InChI=1S/C14H13BrN4S/c15-8-5-10-11-12(20-14(10)16-6-8)13(18-7-17-11)19-9-3-1-2-4-9/h5-7,9H,1-4H2,(H,17,18,19). The van der Waals surface area contributed by atoms with E-state index < -0.39 is 0 Å². The van der Waals surface area contributed by atoms with Crippen molar-refractivity contribution in [1.82, 2.24) is 15.0 Å². The fraction of sp³-hybridized carbons (Fsp3) is 0.357. The van der Waals surface area contributed by atoms with Crippen LogP contribution in [0.2, 0.25) is 0 Å².